The van der Waals surface area contributed by atoms with Crippen LogP contribution in [0.4, 0.5) is 0 Å². The van der Waals surface area contributed by atoms with Crippen LogP contribution in [0.25, 0.3) is 0 Å². The first kappa shape index (κ1) is 14.5. The number of nitrogens with zero attached hydrogens (tertiary/aromatic N) is 1. The molecule has 19 heavy (non-hydrogen) atoms. The summed E-state index contributed by atoms with van der Waals surface area (Å²) in [6.07, 6.45) is 2.34. The van der Waals surface area contributed by atoms with Crippen LogP contribution in [-0.2, 0) is 10.0 Å². The van der Waals surface area contributed by atoms with Gasteiger partial charge < -0.3 is 0 Å². The van der Waals surface area contributed by atoms with Gasteiger partial charge in [-0.1, -0.05) is 23.7 Å². The van der Waals surface area contributed by atoms with Crippen molar-refractivity contribution in [1.82, 2.24) is 4.31 Å². The zero-order chi connectivity index (χ0) is 14.0. The summed E-state index contributed by atoms with van der Waals surface area (Å²) in [7, 11) is -3.15. The topological polar surface area (TPSA) is 54.5 Å². The maximum Gasteiger partial charge on any atom is 0.211 e. The number of ketones is 1. The van der Waals surface area contributed by atoms with Crippen LogP contribution in [-0.4, -0.2) is 37.9 Å². The molecule has 0 N–H and O–H groups in total. The molecule has 6 heteroatoms. The molecule has 0 amide bonds. The monoisotopic (exact) mass is 301 g/mol. The highest BCUT2D eigenvalue weighted by atomic mass is 35.5. The Morgan fingerprint density at radius 2 is 1.95 bits per heavy atom. The van der Waals surface area contributed by atoms with E-state index in [2.05, 4.69) is 0 Å². The SMILES string of the molecule is CS(=O)(=O)N1CCC(C(=O)c2cccc(Cl)c2)CC1. The summed E-state index contributed by atoms with van der Waals surface area (Å²) < 4.78 is 24.2. The fourth-order valence-corrected chi connectivity index (χ4v) is 3.39. The summed E-state index contributed by atoms with van der Waals surface area (Å²) in [6, 6.07) is 6.88. The predicted molar refractivity (Wildman–Crippen MR) is 74.9 cm³/mol. The maximum atomic E-state index is 12.3. The number of carbonyl (C=O) groups excluding carboxylic acids is 1. The van der Waals surface area contributed by atoms with Crippen LogP contribution in [0, 0.1) is 5.92 Å². The number of sulfonamides is 1. The van der Waals surface area contributed by atoms with E-state index >= 15 is 0 Å². The number of hydrogen-bond acceptors (Lipinski definition) is 3. The second kappa shape index (κ2) is 5.61. The van der Waals surface area contributed by atoms with Gasteiger partial charge in [-0.2, -0.15) is 0 Å². The summed E-state index contributed by atoms with van der Waals surface area (Å²) in [5.41, 5.74) is 0.602. The van der Waals surface area contributed by atoms with Crippen molar-refractivity contribution >= 4 is 27.4 Å². The van der Waals surface area contributed by atoms with Crippen molar-refractivity contribution in [3.8, 4) is 0 Å². The van der Waals surface area contributed by atoms with Crippen LogP contribution >= 0.6 is 11.6 Å². The number of benzene rings is 1. The summed E-state index contributed by atoms with van der Waals surface area (Å²) in [5.74, 6) is -0.0629. The average molecular weight is 302 g/mol. The number of piperidine rings is 1. The lowest BCUT2D eigenvalue weighted by Gasteiger charge is -2.29. The summed E-state index contributed by atoms with van der Waals surface area (Å²) in [6.45, 7) is 0.825. The summed E-state index contributed by atoms with van der Waals surface area (Å²) >= 11 is 5.87. The van der Waals surface area contributed by atoms with Gasteiger partial charge in [0, 0.05) is 29.6 Å². The molecule has 2 rings (SSSR count). The van der Waals surface area contributed by atoms with Crippen molar-refractivity contribution in [3.05, 3.63) is 34.9 Å². The summed E-state index contributed by atoms with van der Waals surface area (Å²) in [4.78, 5) is 12.3. The Balaban J connectivity index is 2.04. The highest BCUT2D eigenvalue weighted by molar-refractivity contribution is 7.88. The van der Waals surface area contributed by atoms with Crippen molar-refractivity contribution < 1.29 is 13.2 Å². The lowest BCUT2D eigenvalue weighted by Crippen LogP contribution is -2.39. The molecule has 0 aliphatic carbocycles. The van der Waals surface area contributed by atoms with E-state index in [1.807, 2.05) is 0 Å². The Bertz CT molecular complexity index is 577. The van der Waals surface area contributed by atoms with E-state index in [1.54, 1.807) is 24.3 Å². The molecule has 1 aliphatic rings. The van der Waals surface area contributed by atoms with Gasteiger partial charge in [-0.3, -0.25) is 4.79 Å². The molecule has 0 bridgehead atoms. The highest BCUT2D eigenvalue weighted by Crippen LogP contribution is 2.24. The minimum atomic E-state index is -3.15. The van der Waals surface area contributed by atoms with E-state index in [0.717, 1.165) is 0 Å². The van der Waals surface area contributed by atoms with Gasteiger partial charge in [-0.25, -0.2) is 12.7 Å². The molecule has 104 valence electrons. The van der Waals surface area contributed by atoms with Gasteiger partial charge in [0.15, 0.2) is 5.78 Å². The van der Waals surface area contributed by atoms with Crippen molar-refractivity contribution in [2.75, 3.05) is 19.3 Å². The molecule has 4 nitrogen and oxygen atoms in total. The fraction of sp³-hybridized carbons (Fsp3) is 0.462. The number of carbonyl (C=O) groups is 1. The fourth-order valence-electron chi connectivity index (χ4n) is 2.33. The molecule has 0 spiro atoms. The molecule has 1 aromatic carbocycles. The lowest BCUT2D eigenvalue weighted by molar-refractivity contribution is 0.0875. The number of Topliss-reactive ketones (excluding diaryl/α,β-unsaturated/α-hetero) is 1. The van der Waals surface area contributed by atoms with Crippen LogP contribution in [0.15, 0.2) is 24.3 Å². The first-order chi connectivity index (χ1) is 8.88. The molecule has 0 saturated carbocycles. The van der Waals surface area contributed by atoms with E-state index in [0.29, 0.717) is 36.5 Å². The third-order valence-corrected chi connectivity index (χ3v) is 4.94. The molecular formula is C13H16ClNO3S. The molecule has 0 atom stereocenters. The van der Waals surface area contributed by atoms with E-state index in [9.17, 15) is 13.2 Å². The normalized spacial score (nSPS) is 18.4. The van der Waals surface area contributed by atoms with Gasteiger partial charge in [0.2, 0.25) is 10.0 Å². The Kier molecular flexibility index (Phi) is 4.28. The first-order valence-corrected chi connectivity index (χ1v) is 8.35. The second-order valence-electron chi connectivity index (χ2n) is 4.81. The van der Waals surface area contributed by atoms with Crippen LogP contribution in [0.2, 0.25) is 5.02 Å². The Morgan fingerprint density at radius 1 is 1.32 bits per heavy atom. The summed E-state index contributed by atoms with van der Waals surface area (Å²) in [5, 5.41) is 0.541. The molecule has 1 heterocycles. The van der Waals surface area contributed by atoms with Gasteiger partial charge >= 0.3 is 0 Å². The number of halogens is 1. The van der Waals surface area contributed by atoms with E-state index in [-0.39, 0.29) is 11.7 Å². The molecule has 0 radical (unpaired) electrons. The Hall–Kier alpha value is -0.910. The van der Waals surface area contributed by atoms with Gasteiger partial charge in [-0.05, 0) is 25.0 Å². The van der Waals surface area contributed by atoms with E-state index in [1.165, 1.54) is 10.6 Å². The van der Waals surface area contributed by atoms with Crippen molar-refractivity contribution in [2.24, 2.45) is 5.92 Å². The molecular weight excluding hydrogens is 286 g/mol. The van der Waals surface area contributed by atoms with Crippen molar-refractivity contribution in [1.29, 1.82) is 0 Å². The molecule has 1 fully saturated rings. The highest BCUT2D eigenvalue weighted by Gasteiger charge is 2.29. The van der Waals surface area contributed by atoms with Gasteiger partial charge in [0.25, 0.3) is 0 Å². The largest absolute Gasteiger partial charge is 0.294 e. The van der Waals surface area contributed by atoms with Gasteiger partial charge in [0.05, 0.1) is 6.26 Å². The number of rotatable bonds is 3. The minimum Gasteiger partial charge on any atom is -0.294 e. The lowest BCUT2D eigenvalue weighted by atomic mass is 9.90. The zero-order valence-corrected chi connectivity index (χ0v) is 12.2. The minimum absolute atomic E-state index is 0.0515. The third kappa shape index (κ3) is 3.55. The Labute approximate surface area is 118 Å². The standard InChI is InChI=1S/C13H16ClNO3S/c1-19(17,18)15-7-5-10(6-8-15)13(16)11-3-2-4-12(14)9-11/h2-4,9-10H,5-8H2,1H3. The third-order valence-electron chi connectivity index (χ3n) is 3.40. The van der Waals surface area contributed by atoms with Crippen LogP contribution < -0.4 is 0 Å². The smallest absolute Gasteiger partial charge is 0.211 e. The van der Waals surface area contributed by atoms with Crippen LogP contribution in [0.3, 0.4) is 0 Å². The molecule has 1 aromatic rings. The van der Waals surface area contributed by atoms with E-state index < -0.39 is 10.0 Å². The maximum absolute atomic E-state index is 12.3. The predicted octanol–water partition coefficient (Wildman–Crippen LogP) is 2.19. The first-order valence-electron chi connectivity index (χ1n) is 6.13. The molecule has 0 aromatic heterocycles. The molecule has 0 unspecified atom stereocenters. The average Bonchev–Trinajstić information content (AvgIpc) is 2.37. The number of hydrogen-bond donors (Lipinski definition) is 0. The molecule has 1 saturated heterocycles. The van der Waals surface area contributed by atoms with Crippen LogP contribution in [0.5, 0.6) is 0 Å². The van der Waals surface area contributed by atoms with Crippen LogP contribution in [0.1, 0.15) is 23.2 Å². The van der Waals surface area contributed by atoms with Crippen molar-refractivity contribution in [3.63, 3.8) is 0 Å². The van der Waals surface area contributed by atoms with Gasteiger partial charge in [-0.15, -0.1) is 0 Å². The zero-order valence-electron chi connectivity index (χ0n) is 10.7. The Morgan fingerprint density at radius 3 is 2.47 bits per heavy atom. The second-order valence-corrected chi connectivity index (χ2v) is 7.23. The quantitative estimate of drug-likeness (QED) is 0.804. The van der Waals surface area contributed by atoms with Crippen molar-refractivity contribution in [2.45, 2.75) is 12.8 Å². The van der Waals surface area contributed by atoms with Gasteiger partial charge in [0.1, 0.15) is 0 Å². The van der Waals surface area contributed by atoms with E-state index in [4.69, 9.17) is 11.6 Å². The molecule has 1 aliphatic heterocycles.